The molecule has 2 aromatic carbocycles. The minimum atomic E-state index is -1.73. The first-order valence-electron chi connectivity index (χ1n) is 6.32. The average molecular weight is 275 g/mol. The maximum atomic E-state index is 9.32. The van der Waals surface area contributed by atoms with Crippen LogP contribution in [0.15, 0.2) is 48.5 Å². The van der Waals surface area contributed by atoms with Crippen LogP contribution in [0, 0.1) is 11.3 Å². The minimum Gasteiger partial charge on any atom is -0.421 e. The van der Waals surface area contributed by atoms with Crippen LogP contribution in [0.1, 0.15) is 5.56 Å². The Morgan fingerprint density at radius 1 is 0.952 bits per heavy atom. The highest BCUT2D eigenvalue weighted by atomic mass is 16.4. The zero-order chi connectivity index (χ0) is 14.8. The highest BCUT2D eigenvalue weighted by molar-refractivity contribution is 6.56. The summed E-state index contributed by atoms with van der Waals surface area (Å²) in [6.45, 7) is 0. The zero-order valence-corrected chi connectivity index (χ0v) is 10.9. The van der Waals surface area contributed by atoms with Crippen molar-refractivity contribution in [1.82, 2.24) is 9.97 Å². The van der Waals surface area contributed by atoms with Crippen molar-refractivity contribution in [2.75, 3.05) is 0 Å². The van der Waals surface area contributed by atoms with Crippen molar-refractivity contribution in [2.45, 2.75) is 0 Å². The molecule has 0 amide bonds. The van der Waals surface area contributed by atoms with E-state index in [0.29, 0.717) is 16.8 Å². The second-order valence-corrected chi connectivity index (χ2v) is 4.51. The number of benzene rings is 2. The summed E-state index contributed by atoms with van der Waals surface area (Å²) in [7, 11) is -1.73. The molecule has 0 saturated carbocycles. The van der Waals surface area contributed by atoms with E-state index in [-0.39, 0.29) is 5.72 Å². The van der Waals surface area contributed by atoms with Crippen LogP contribution in [0.2, 0.25) is 0 Å². The Labute approximate surface area is 121 Å². The van der Waals surface area contributed by atoms with Crippen molar-refractivity contribution >= 4 is 23.7 Å². The first-order chi connectivity index (χ1) is 10.2. The summed E-state index contributed by atoms with van der Waals surface area (Å²) in [4.78, 5) is 8.36. The number of para-hydroxylation sites is 1. The van der Waals surface area contributed by atoms with Gasteiger partial charge in [-0.3, -0.25) is 0 Å². The van der Waals surface area contributed by atoms with E-state index in [1.165, 1.54) is 0 Å². The second kappa shape index (κ2) is 5.33. The average Bonchev–Trinajstić information content (AvgIpc) is 2.54. The lowest BCUT2D eigenvalue weighted by Gasteiger charge is -2.08. The third kappa shape index (κ3) is 2.48. The molecule has 1 heterocycles. The Bertz CT molecular complexity index is 842. The van der Waals surface area contributed by atoms with E-state index in [1.807, 2.05) is 18.2 Å². The standard InChI is InChI=1S/C15H10BN3O2/c17-9-10-5-7-11(8-6-10)14-12-3-1-2-4-13(12)18-15(19-14)16(20)21/h1-8,20-21H. The molecule has 0 radical (unpaired) electrons. The number of hydrogen-bond donors (Lipinski definition) is 2. The van der Waals surface area contributed by atoms with Gasteiger partial charge in [0, 0.05) is 10.9 Å². The lowest BCUT2D eigenvalue weighted by molar-refractivity contribution is 0.422. The number of hydrogen-bond acceptors (Lipinski definition) is 5. The van der Waals surface area contributed by atoms with Gasteiger partial charge in [0.15, 0.2) is 5.72 Å². The third-order valence-corrected chi connectivity index (χ3v) is 3.14. The molecule has 21 heavy (non-hydrogen) atoms. The van der Waals surface area contributed by atoms with Gasteiger partial charge >= 0.3 is 7.12 Å². The van der Waals surface area contributed by atoms with Crippen LogP contribution in [0.4, 0.5) is 0 Å². The SMILES string of the molecule is N#Cc1ccc(-c2nc(B(O)O)nc3ccccc23)cc1. The second-order valence-electron chi connectivity index (χ2n) is 4.51. The summed E-state index contributed by atoms with van der Waals surface area (Å²) in [5.41, 5.74) is 2.53. The highest BCUT2D eigenvalue weighted by Gasteiger charge is 2.18. The maximum absolute atomic E-state index is 9.32. The number of aromatic nitrogens is 2. The Kier molecular flexibility index (Phi) is 3.36. The zero-order valence-electron chi connectivity index (χ0n) is 10.9. The topological polar surface area (TPSA) is 90.0 Å². The van der Waals surface area contributed by atoms with E-state index in [9.17, 15) is 10.0 Å². The van der Waals surface area contributed by atoms with Gasteiger partial charge in [-0.1, -0.05) is 30.3 Å². The molecule has 0 saturated heterocycles. The summed E-state index contributed by atoms with van der Waals surface area (Å²) in [6.07, 6.45) is 0. The summed E-state index contributed by atoms with van der Waals surface area (Å²) >= 11 is 0. The van der Waals surface area contributed by atoms with E-state index in [0.717, 1.165) is 10.9 Å². The molecule has 0 aliphatic carbocycles. The molecular weight excluding hydrogens is 265 g/mol. The predicted molar refractivity (Wildman–Crippen MR) is 79.5 cm³/mol. The molecule has 1 aromatic heterocycles. The molecule has 0 aliphatic rings. The van der Waals surface area contributed by atoms with Crippen LogP contribution in [0.5, 0.6) is 0 Å². The molecule has 0 atom stereocenters. The van der Waals surface area contributed by atoms with E-state index in [1.54, 1.807) is 30.3 Å². The molecule has 0 aliphatic heterocycles. The number of rotatable bonds is 2. The van der Waals surface area contributed by atoms with Crippen molar-refractivity contribution in [2.24, 2.45) is 0 Å². The first kappa shape index (κ1) is 13.2. The van der Waals surface area contributed by atoms with Crippen molar-refractivity contribution in [3.63, 3.8) is 0 Å². The first-order valence-corrected chi connectivity index (χ1v) is 6.32. The predicted octanol–water partition coefficient (Wildman–Crippen LogP) is 0.848. The summed E-state index contributed by atoms with van der Waals surface area (Å²) < 4.78 is 0. The van der Waals surface area contributed by atoms with Crippen LogP contribution in [0.3, 0.4) is 0 Å². The maximum Gasteiger partial charge on any atom is 0.528 e. The van der Waals surface area contributed by atoms with Crippen LogP contribution >= 0.6 is 0 Å². The number of nitriles is 1. The Balaban J connectivity index is 2.26. The Morgan fingerprint density at radius 3 is 2.33 bits per heavy atom. The van der Waals surface area contributed by atoms with Crippen molar-refractivity contribution in [3.05, 3.63) is 54.1 Å². The van der Waals surface area contributed by atoms with Gasteiger partial charge in [0.05, 0.1) is 22.8 Å². The molecule has 5 nitrogen and oxygen atoms in total. The van der Waals surface area contributed by atoms with E-state index >= 15 is 0 Å². The highest BCUT2D eigenvalue weighted by Crippen LogP contribution is 2.24. The van der Waals surface area contributed by atoms with Crippen LogP contribution in [-0.4, -0.2) is 27.1 Å². The smallest absolute Gasteiger partial charge is 0.421 e. The lowest BCUT2D eigenvalue weighted by Crippen LogP contribution is -2.35. The molecule has 3 aromatic rings. The van der Waals surface area contributed by atoms with E-state index in [4.69, 9.17) is 5.26 Å². The molecule has 0 fully saturated rings. The molecule has 3 rings (SSSR count). The Morgan fingerprint density at radius 2 is 1.67 bits per heavy atom. The van der Waals surface area contributed by atoms with Gasteiger partial charge in [-0.05, 0) is 18.2 Å². The quantitative estimate of drug-likeness (QED) is 0.676. The number of nitrogens with zero attached hydrogens (tertiary/aromatic N) is 3. The lowest BCUT2D eigenvalue weighted by atomic mass is 9.90. The van der Waals surface area contributed by atoms with Crippen LogP contribution in [-0.2, 0) is 0 Å². The normalized spacial score (nSPS) is 10.3. The fourth-order valence-corrected chi connectivity index (χ4v) is 2.13. The molecular formula is C15H10BN3O2. The van der Waals surface area contributed by atoms with E-state index in [2.05, 4.69) is 16.0 Å². The summed E-state index contributed by atoms with van der Waals surface area (Å²) in [5, 5.41) is 28.3. The number of fused-ring (bicyclic) bond motifs is 1. The summed E-state index contributed by atoms with van der Waals surface area (Å²) in [6, 6.07) is 16.4. The minimum absolute atomic E-state index is 0.0481. The molecule has 100 valence electrons. The molecule has 0 unspecified atom stereocenters. The van der Waals surface area contributed by atoms with Gasteiger partial charge in [0.1, 0.15) is 0 Å². The monoisotopic (exact) mass is 275 g/mol. The van der Waals surface area contributed by atoms with Gasteiger partial charge in [-0.25, -0.2) is 9.97 Å². The van der Waals surface area contributed by atoms with Crippen molar-refractivity contribution in [3.8, 4) is 17.3 Å². The van der Waals surface area contributed by atoms with Crippen molar-refractivity contribution < 1.29 is 10.0 Å². The molecule has 6 heteroatoms. The summed E-state index contributed by atoms with van der Waals surface area (Å²) in [5.74, 6) is 0. The molecule has 2 N–H and O–H groups in total. The molecule has 0 bridgehead atoms. The van der Waals surface area contributed by atoms with Gasteiger partial charge in [0.25, 0.3) is 0 Å². The fourth-order valence-electron chi connectivity index (χ4n) is 2.13. The van der Waals surface area contributed by atoms with Crippen LogP contribution < -0.4 is 5.72 Å². The van der Waals surface area contributed by atoms with Gasteiger partial charge < -0.3 is 10.0 Å². The molecule has 0 spiro atoms. The third-order valence-electron chi connectivity index (χ3n) is 3.14. The fraction of sp³-hybridized carbons (Fsp3) is 0. The Hall–Kier alpha value is -2.75. The van der Waals surface area contributed by atoms with Gasteiger partial charge in [-0.15, -0.1) is 0 Å². The van der Waals surface area contributed by atoms with E-state index < -0.39 is 7.12 Å². The van der Waals surface area contributed by atoms with Gasteiger partial charge in [-0.2, -0.15) is 5.26 Å². The van der Waals surface area contributed by atoms with Crippen LogP contribution in [0.25, 0.3) is 22.2 Å². The largest absolute Gasteiger partial charge is 0.528 e. The van der Waals surface area contributed by atoms with Crippen molar-refractivity contribution in [1.29, 1.82) is 5.26 Å². The van der Waals surface area contributed by atoms with Gasteiger partial charge in [0.2, 0.25) is 0 Å².